The van der Waals surface area contributed by atoms with Crippen molar-refractivity contribution in [2.45, 2.75) is 12.8 Å². The molecule has 0 bridgehead atoms. The normalized spacial score (nSPS) is 11.0. The first-order valence-electron chi connectivity index (χ1n) is 9.09. The Morgan fingerprint density at radius 3 is 2.15 bits per heavy atom. The molecule has 0 aromatic heterocycles. The third-order valence-electron chi connectivity index (χ3n) is 4.08. The topological polar surface area (TPSA) is 74.8 Å². The summed E-state index contributed by atoms with van der Waals surface area (Å²) in [6.07, 6.45) is 1.68. The summed E-state index contributed by atoms with van der Waals surface area (Å²) in [5.74, 6) is 1.41. The molecule has 0 saturated carbocycles. The molecule has 0 aliphatic heterocycles. The maximum Gasteiger partial charge on any atom is 0.239 e. The average Bonchev–Trinajstić information content (AvgIpc) is 2.71. The van der Waals surface area contributed by atoms with Crippen molar-refractivity contribution in [3.05, 3.63) is 65.7 Å². The molecule has 0 aliphatic carbocycles. The third-order valence-corrected chi connectivity index (χ3v) is 4.08. The Morgan fingerprint density at radius 1 is 0.889 bits per heavy atom. The monoisotopic (exact) mass is 368 g/mol. The second kappa shape index (κ2) is 11.6. The number of carbonyl (C=O) groups excluding carboxylic acids is 1. The molecule has 0 aliphatic rings. The number of methoxy groups -OCH3 is 1. The maximum atomic E-state index is 11.9. The van der Waals surface area contributed by atoms with Crippen molar-refractivity contribution in [1.82, 2.24) is 16.0 Å². The van der Waals surface area contributed by atoms with E-state index in [1.54, 1.807) is 14.2 Å². The Balaban J connectivity index is 1.61. The van der Waals surface area contributed by atoms with E-state index in [2.05, 4.69) is 33.1 Å². The third kappa shape index (κ3) is 7.81. The van der Waals surface area contributed by atoms with Gasteiger partial charge in [0.1, 0.15) is 5.75 Å². The van der Waals surface area contributed by atoms with Crippen molar-refractivity contribution < 1.29 is 9.53 Å². The number of guanidine groups is 1. The first-order valence-corrected chi connectivity index (χ1v) is 9.09. The van der Waals surface area contributed by atoms with Crippen molar-refractivity contribution in [3.63, 3.8) is 0 Å². The Labute approximate surface area is 161 Å². The molecule has 6 nitrogen and oxygen atoms in total. The number of benzene rings is 2. The van der Waals surface area contributed by atoms with E-state index in [0.717, 1.165) is 25.1 Å². The summed E-state index contributed by atoms with van der Waals surface area (Å²) in [4.78, 5) is 16.1. The molecule has 2 rings (SSSR count). The number of nitrogens with one attached hydrogen (secondary N) is 3. The minimum absolute atomic E-state index is 0.0518. The summed E-state index contributed by atoms with van der Waals surface area (Å²) in [5.41, 5.74) is 2.42. The highest BCUT2D eigenvalue weighted by Gasteiger charge is 2.03. The summed E-state index contributed by atoms with van der Waals surface area (Å²) >= 11 is 0. The van der Waals surface area contributed by atoms with Crippen LogP contribution in [-0.4, -0.2) is 45.7 Å². The van der Waals surface area contributed by atoms with Crippen LogP contribution in [0.4, 0.5) is 0 Å². The van der Waals surface area contributed by atoms with Gasteiger partial charge in [-0.15, -0.1) is 0 Å². The zero-order valence-electron chi connectivity index (χ0n) is 16.0. The minimum atomic E-state index is -0.0518. The Bertz CT molecular complexity index is 715. The van der Waals surface area contributed by atoms with Gasteiger partial charge in [-0.1, -0.05) is 42.5 Å². The van der Waals surface area contributed by atoms with Gasteiger partial charge in [0.25, 0.3) is 0 Å². The van der Waals surface area contributed by atoms with E-state index in [9.17, 15) is 4.79 Å². The van der Waals surface area contributed by atoms with Crippen LogP contribution in [0.25, 0.3) is 0 Å². The molecule has 0 saturated heterocycles. The molecule has 0 atom stereocenters. The van der Waals surface area contributed by atoms with Gasteiger partial charge in [-0.05, 0) is 36.1 Å². The lowest BCUT2D eigenvalue weighted by Crippen LogP contribution is -2.44. The van der Waals surface area contributed by atoms with Crippen LogP contribution in [-0.2, 0) is 17.6 Å². The van der Waals surface area contributed by atoms with Crippen LogP contribution in [0.1, 0.15) is 11.1 Å². The van der Waals surface area contributed by atoms with Gasteiger partial charge in [-0.2, -0.15) is 0 Å². The first-order chi connectivity index (χ1) is 13.2. The molecule has 0 unspecified atom stereocenters. The van der Waals surface area contributed by atoms with Crippen molar-refractivity contribution in [3.8, 4) is 5.75 Å². The predicted octanol–water partition coefficient (Wildman–Crippen LogP) is 1.76. The van der Waals surface area contributed by atoms with Gasteiger partial charge in [0.2, 0.25) is 5.91 Å². The molecule has 0 fully saturated rings. The summed E-state index contributed by atoms with van der Waals surface area (Å²) in [6.45, 7) is 1.53. The van der Waals surface area contributed by atoms with Gasteiger partial charge >= 0.3 is 0 Å². The lowest BCUT2D eigenvalue weighted by Gasteiger charge is -2.12. The van der Waals surface area contributed by atoms with Gasteiger partial charge in [0.05, 0.1) is 13.7 Å². The van der Waals surface area contributed by atoms with Crippen LogP contribution in [0, 0.1) is 0 Å². The lowest BCUT2D eigenvalue weighted by molar-refractivity contribution is -0.119. The Morgan fingerprint density at radius 2 is 1.52 bits per heavy atom. The molecule has 6 heteroatoms. The van der Waals surface area contributed by atoms with Crippen LogP contribution in [0.3, 0.4) is 0 Å². The summed E-state index contributed by atoms with van der Waals surface area (Å²) in [5, 5.41) is 9.15. The number of ether oxygens (including phenoxy) is 1. The second-order valence-electron chi connectivity index (χ2n) is 6.04. The number of aliphatic imine (C=N–C) groups is 1. The van der Waals surface area contributed by atoms with Crippen LogP contribution in [0.5, 0.6) is 5.75 Å². The molecule has 144 valence electrons. The fourth-order valence-corrected chi connectivity index (χ4v) is 2.56. The molecule has 2 aromatic carbocycles. The smallest absolute Gasteiger partial charge is 0.239 e. The first kappa shape index (κ1) is 20.3. The summed E-state index contributed by atoms with van der Waals surface area (Å²) in [6, 6.07) is 18.1. The number of rotatable bonds is 9. The zero-order valence-corrected chi connectivity index (χ0v) is 16.0. The number of amides is 1. The van der Waals surface area contributed by atoms with Gasteiger partial charge in [0, 0.05) is 20.1 Å². The van der Waals surface area contributed by atoms with Gasteiger partial charge in [-0.25, -0.2) is 0 Å². The largest absolute Gasteiger partial charge is 0.497 e. The molecular weight excluding hydrogens is 340 g/mol. The fourth-order valence-electron chi connectivity index (χ4n) is 2.56. The van der Waals surface area contributed by atoms with Crippen molar-refractivity contribution in [2.24, 2.45) is 4.99 Å². The molecular formula is C21H28N4O2. The van der Waals surface area contributed by atoms with E-state index >= 15 is 0 Å². The molecule has 3 N–H and O–H groups in total. The van der Waals surface area contributed by atoms with Gasteiger partial charge in [-0.3, -0.25) is 9.79 Å². The van der Waals surface area contributed by atoms with E-state index in [1.807, 2.05) is 42.5 Å². The van der Waals surface area contributed by atoms with Crippen LogP contribution >= 0.6 is 0 Å². The standard InChI is InChI=1S/C21H28N4O2/c1-22-21(24-15-13-18-8-10-19(27-2)11-9-18)25-16-20(26)23-14-12-17-6-4-3-5-7-17/h3-11H,12-16H2,1-2H3,(H,23,26)(H2,22,24,25). The van der Waals surface area contributed by atoms with Crippen molar-refractivity contribution in [1.29, 1.82) is 0 Å². The minimum Gasteiger partial charge on any atom is -0.497 e. The highest BCUT2D eigenvalue weighted by Crippen LogP contribution is 2.11. The number of carbonyl (C=O) groups is 1. The highest BCUT2D eigenvalue weighted by atomic mass is 16.5. The fraction of sp³-hybridized carbons (Fsp3) is 0.333. The number of hydrogen-bond donors (Lipinski definition) is 3. The second-order valence-corrected chi connectivity index (χ2v) is 6.04. The molecule has 0 heterocycles. The van der Waals surface area contributed by atoms with E-state index in [-0.39, 0.29) is 12.5 Å². The van der Waals surface area contributed by atoms with E-state index in [1.165, 1.54) is 11.1 Å². The van der Waals surface area contributed by atoms with Crippen molar-refractivity contribution in [2.75, 3.05) is 33.8 Å². The Kier molecular flexibility index (Phi) is 8.69. The Hall–Kier alpha value is -3.02. The zero-order chi connectivity index (χ0) is 19.3. The van der Waals surface area contributed by atoms with E-state index < -0.39 is 0 Å². The molecule has 0 spiro atoms. The number of hydrogen-bond acceptors (Lipinski definition) is 3. The van der Waals surface area contributed by atoms with Crippen molar-refractivity contribution >= 4 is 11.9 Å². The van der Waals surface area contributed by atoms with Gasteiger partial charge < -0.3 is 20.7 Å². The number of nitrogens with zero attached hydrogens (tertiary/aromatic N) is 1. The lowest BCUT2D eigenvalue weighted by atomic mass is 10.1. The SMILES string of the molecule is CN=C(NCCc1ccc(OC)cc1)NCC(=O)NCCc1ccccc1. The van der Waals surface area contributed by atoms with Crippen LogP contribution in [0.15, 0.2) is 59.6 Å². The average molecular weight is 368 g/mol. The maximum absolute atomic E-state index is 11.9. The summed E-state index contributed by atoms with van der Waals surface area (Å²) < 4.78 is 5.15. The molecule has 1 amide bonds. The van der Waals surface area contributed by atoms with Gasteiger partial charge in [0.15, 0.2) is 5.96 Å². The quantitative estimate of drug-likeness (QED) is 0.466. The van der Waals surface area contributed by atoms with Crippen LogP contribution < -0.4 is 20.7 Å². The molecule has 2 aromatic rings. The molecule has 27 heavy (non-hydrogen) atoms. The van der Waals surface area contributed by atoms with E-state index in [0.29, 0.717) is 12.5 Å². The highest BCUT2D eigenvalue weighted by molar-refractivity contribution is 5.86. The predicted molar refractivity (Wildman–Crippen MR) is 109 cm³/mol. The van der Waals surface area contributed by atoms with E-state index in [4.69, 9.17) is 4.74 Å². The molecule has 0 radical (unpaired) electrons. The van der Waals surface area contributed by atoms with Crippen LogP contribution in [0.2, 0.25) is 0 Å². The summed E-state index contributed by atoms with van der Waals surface area (Å²) in [7, 11) is 3.35.